The Kier molecular flexibility index (Phi) is 3.33. The normalized spacial score (nSPS) is 16.0. The molecule has 0 N–H and O–H groups in total. The van der Waals surface area contributed by atoms with Gasteiger partial charge in [0.05, 0.1) is 5.69 Å². The summed E-state index contributed by atoms with van der Waals surface area (Å²) in [5.41, 5.74) is 3.36. The van der Waals surface area contributed by atoms with Crippen molar-refractivity contribution in [3.8, 4) is 11.3 Å². The van der Waals surface area contributed by atoms with Crippen molar-refractivity contribution in [2.24, 2.45) is 0 Å². The van der Waals surface area contributed by atoms with Gasteiger partial charge in [-0.05, 0) is 49.7 Å². The first-order chi connectivity index (χ1) is 8.92. The molecule has 0 atom stereocenters. The second kappa shape index (κ2) is 5.27. The summed E-state index contributed by atoms with van der Waals surface area (Å²) in [5, 5.41) is 0. The van der Waals surface area contributed by atoms with E-state index >= 15 is 0 Å². The van der Waals surface area contributed by atoms with Crippen LogP contribution in [0.4, 0.5) is 0 Å². The van der Waals surface area contributed by atoms with Gasteiger partial charge >= 0.3 is 0 Å². The molecule has 1 fully saturated rings. The fraction of sp³-hybridized carbons (Fsp3) is 0.333. The van der Waals surface area contributed by atoms with Crippen LogP contribution in [0.5, 0.6) is 0 Å². The molecule has 1 saturated heterocycles. The van der Waals surface area contributed by atoms with Gasteiger partial charge in [-0.3, -0.25) is 14.9 Å². The Labute approximate surface area is 108 Å². The van der Waals surface area contributed by atoms with Crippen molar-refractivity contribution in [1.29, 1.82) is 0 Å². The first-order valence-corrected chi connectivity index (χ1v) is 6.49. The highest BCUT2D eigenvalue weighted by molar-refractivity contribution is 5.57. The molecular formula is C15H17N3. The van der Waals surface area contributed by atoms with Crippen LogP contribution in [0.1, 0.15) is 18.4 Å². The monoisotopic (exact) mass is 239 g/mol. The number of aromatic nitrogens is 2. The third-order valence-electron chi connectivity index (χ3n) is 3.39. The minimum Gasteiger partial charge on any atom is -0.299 e. The highest BCUT2D eigenvalue weighted by atomic mass is 15.1. The molecule has 2 aromatic rings. The topological polar surface area (TPSA) is 29.0 Å². The predicted molar refractivity (Wildman–Crippen MR) is 72.0 cm³/mol. The molecular weight excluding hydrogens is 222 g/mol. The number of likely N-dealkylation sites (tertiary alicyclic amines) is 1. The number of hydrogen-bond acceptors (Lipinski definition) is 3. The molecule has 0 saturated carbocycles. The van der Waals surface area contributed by atoms with Crippen molar-refractivity contribution in [1.82, 2.24) is 14.9 Å². The second-order valence-electron chi connectivity index (χ2n) is 4.78. The molecule has 0 radical (unpaired) electrons. The first kappa shape index (κ1) is 11.4. The smallest absolute Gasteiger partial charge is 0.0717 e. The molecule has 3 rings (SSSR count). The lowest BCUT2D eigenvalue weighted by Crippen LogP contribution is -2.18. The summed E-state index contributed by atoms with van der Waals surface area (Å²) in [7, 11) is 0. The van der Waals surface area contributed by atoms with E-state index in [0.29, 0.717) is 0 Å². The summed E-state index contributed by atoms with van der Waals surface area (Å²) >= 11 is 0. The summed E-state index contributed by atoms with van der Waals surface area (Å²) in [6.07, 6.45) is 8.29. The molecule has 0 aromatic carbocycles. The maximum absolute atomic E-state index is 4.52. The molecule has 1 aliphatic rings. The predicted octanol–water partition coefficient (Wildman–Crippen LogP) is 2.74. The van der Waals surface area contributed by atoms with Gasteiger partial charge in [0.25, 0.3) is 0 Å². The van der Waals surface area contributed by atoms with Gasteiger partial charge < -0.3 is 0 Å². The third-order valence-corrected chi connectivity index (χ3v) is 3.39. The minimum atomic E-state index is 0.994. The molecule has 0 spiro atoms. The van der Waals surface area contributed by atoms with Crippen LogP contribution in [-0.4, -0.2) is 28.0 Å². The Morgan fingerprint density at radius 3 is 2.61 bits per heavy atom. The van der Waals surface area contributed by atoms with E-state index in [1.807, 2.05) is 24.5 Å². The number of rotatable bonds is 3. The molecule has 18 heavy (non-hydrogen) atoms. The Morgan fingerprint density at radius 2 is 1.94 bits per heavy atom. The molecule has 0 unspecified atom stereocenters. The van der Waals surface area contributed by atoms with Crippen molar-refractivity contribution >= 4 is 0 Å². The van der Waals surface area contributed by atoms with Crippen LogP contribution in [-0.2, 0) is 6.54 Å². The standard InChI is InChI=1S/C15H17N3/c1-2-9-18(8-1)12-13-5-6-15(17-10-13)14-4-3-7-16-11-14/h3-7,10-11H,1-2,8-9,12H2. The van der Waals surface area contributed by atoms with Gasteiger partial charge in [-0.2, -0.15) is 0 Å². The van der Waals surface area contributed by atoms with Crippen molar-refractivity contribution in [3.63, 3.8) is 0 Å². The zero-order valence-electron chi connectivity index (χ0n) is 10.4. The Morgan fingerprint density at radius 1 is 1.06 bits per heavy atom. The lowest BCUT2D eigenvalue weighted by atomic mass is 10.1. The lowest BCUT2D eigenvalue weighted by Gasteiger charge is -2.14. The molecule has 2 aromatic heterocycles. The van der Waals surface area contributed by atoms with Crippen LogP contribution in [0.15, 0.2) is 42.9 Å². The van der Waals surface area contributed by atoms with Crippen LogP contribution in [0.25, 0.3) is 11.3 Å². The van der Waals surface area contributed by atoms with Gasteiger partial charge in [-0.1, -0.05) is 6.07 Å². The summed E-state index contributed by atoms with van der Waals surface area (Å²) in [6, 6.07) is 8.24. The molecule has 0 amide bonds. The van der Waals surface area contributed by atoms with Crippen LogP contribution < -0.4 is 0 Å². The number of pyridine rings is 2. The van der Waals surface area contributed by atoms with E-state index in [4.69, 9.17) is 0 Å². The van der Waals surface area contributed by atoms with Gasteiger partial charge in [-0.25, -0.2) is 0 Å². The maximum Gasteiger partial charge on any atom is 0.0717 e. The number of nitrogens with zero attached hydrogens (tertiary/aromatic N) is 3. The van der Waals surface area contributed by atoms with Crippen LogP contribution in [0, 0.1) is 0 Å². The van der Waals surface area contributed by atoms with Crippen LogP contribution >= 0.6 is 0 Å². The molecule has 1 aliphatic heterocycles. The van der Waals surface area contributed by atoms with Crippen molar-refractivity contribution in [2.45, 2.75) is 19.4 Å². The van der Waals surface area contributed by atoms with E-state index in [9.17, 15) is 0 Å². The largest absolute Gasteiger partial charge is 0.299 e. The minimum absolute atomic E-state index is 0.994. The quantitative estimate of drug-likeness (QED) is 0.824. The zero-order chi connectivity index (χ0) is 12.2. The average Bonchev–Trinajstić information content (AvgIpc) is 2.94. The second-order valence-corrected chi connectivity index (χ2v) is 4.78. The average molecular weight is 239 g/mol. The maximum atomic E-state index is 4.52. The Balaban J connectivity index is 1.72. The summed E-state index contributed by atoms with van der Waals surface area (Å²) in [6.45, 7) is 3.48. The highest BCUT2D eigenvalue weighted by Gasteiger charge is 2.11. The molecule has 3 heterocycles. The van der Waals surface area contributed by atoms with Gasteiger partial charge in [0, 0.05) is 30.7 Å². The van der Waals surface area contributed by atoms with Crippen LogP contribution in [0.2, 0.25) is 0 Å². The van der Waals surface area contributed by atoms with E-state index in [0.717, 1.165) is 17.8 Å². The summed E-state index contributed by atoms with van der Waals surface area (Å²) in [4.78, 5) is 11.1. The fourth-order valence-corrected chi connectivity index (χ4v) is 2.40. The summed E-state index contributed by atoms with van der Waals surface area (Å²) < 4.78 is 0. The van der Waals surface area contributed by atoms with Gasteiger partial charge in [0.1, 0.15) is 0 Å². The Hall–Kier alpha value is -1.74. The SMILES string of the molecule is c1cncc(-c2ccc(CN3CCCC3)cn2)c1. The molecule has 3 heteroatoms. The van der Waals surface area contributed by atoms with Gasteiger partial charge in [0.2, 0.25) is 0 Å². The van der Waals surface area contributed by atoms with E-state index in [2.05, 4.69) is 27.0 Å². The van der Waals surface area contributed by atoms with Crippen molar-refractivity contribution < 1.29 is 0 Å². The molecule has 3 nitrogen and oxygen atoms in total. The summed E-state index contributed by atoms with van der Waals surface area (Å²) in [5.74, 6) is 0. The van der Waals surface area contributed by atoms with E-state index in [1.54, 1.807) is 6.20 Å². The van der Waals surface area contributed by atoms with E-state index in [-0.39, 0.29) is 0 Å². The van der Waals surface area contributed by atoms with Crippen molar-refractivity contribution in [2.75, 3.05) is 13.1 Å². The van der Waals surface area contributed by atoms with E-state index in [1.165, 1.54) is 31.5 Å². The van der Waals surface area contributed by atoms with Crippen molar-refractivity contribution in [3.05, 3.63) is 48.4 Å². The first-order valence-electron chi connectivity index (χ1n) is 6.49. The Bertz CT molecular complexity index is 487. The molecule has 92 valence electrons. The third kappa shape index (κ3) is 2.57. The fourth-order valence-electron chi connectivity index (χ4n) is 2.40. The zero-order valence-corrected chi connectivity index (χ0v) is 10.4. The highest BCUT2D eigenvalue weighted by Crippen LogP contribution is 2.17. The number of hydrogen-bond donors (Lipinski definition) is 0. The molecule has 0 aliphatic carbocycles. The van der Waals surface area contributed by atoms with Gasteiger partial charge in [0.15, 0.2) is 0 Å². The van der Waals surface area contributed by atoms with Crippen LogP contribution in [0.3, 0.4) is 0 Å². The lowest BCUT2D eigenvalue weighted by molar-refractivity contribution is 0.331. The van der Waals surface area contributed by atoms with Gasteiger partial charge in [-0.15, -0.1) is 0 Å². The molecule has 0 bridgehead atoms. The van der Waals surface area contributed by atoms with E-state index < -0.39 is 0 Å².